The zero-order chi connectivity index (χ0) is 12.7. The second kappa shape index (κ2) is 4.39. The van der Waals surface area contributed by atoms with Gasteiger partial charge in [0.15, 0.2) is 0 Å². The summed E-state index contributed by atoms with van der Waals surface area (Å²) in [7, 11) is 0. The Hall–Kier alpha value is -1.80. The van der Waals surface area contributed by atoms with E-state index in [0.717, 1.165) is 12.3 Å². The van der Waals surface area contributed by atoms with Crippen LogP contribution in [0.3, 0.4) is 0 Å². The van der Waals surface area contributed by atoms with Crippen molar-refractivity contribution in [1.29, 1.82) is 0 Å². The molecule has 2 heteroatoms. The summed E-state index contributed by atoms with van der Waals surface area (Å²) in [6.45, 7) is 0.953. The molecule has 0 amide bonds. The van der Waals surface area contributed by atoms with Gasteiger partial charge in [-0.3, -0.25) is 0 Å². The normalized spacial score (nSPS) is 21.2. The topological polar surface area (TPSA) is 21.3 Å². The van der Waals surface area contributed by atoms with E-state index in [-0.39, 0.29) is 0 Å². The van der Waals surface area contributed by atoms with E-state index in [1.165, 1.54) is 29.5 Å². The molecule has 2 aromatic rings. The second-order valence-corrected chi connectivity index (χ2v) is 5.40. The summed E-state index contributed by atoms with van der Waals surface area (Å²) in [6, 6.07) is 17.5. The van der Waals surface area contributed by atoms with E-state index in [1.807, 2.05) is 0 Å². The Morgan fingerprint density at radius 3 is 2.79 bits per heavy atom. The number of benzene rings is 2. The van der Waals surface area contributed by atoms with Gasteiger partial charge in [0.1, 0.15) is 5.75 Å². The number of ether oxygens (including phenoxy) is 1. The minimum absolute atomic E-state index is 0.305. The lowest BCUT2D eigenvalue weighted by Crippen LogP contribution is -2.13. The number of fused-ring (bicyclic) bond motifs is 1. The maximum Gasteiger partial charge on any atom is 0.120 e. The molecule has 1 atom stereocenters. The third-order valence-electron chi connectivity index (χ3n) is 3.88. The molecule has 1 aliphatic carbocycles. The Balaban J connectivity index is 1.65. The molecule has 2 nitrogen and oxygen atoms in total. The van der Waals surface area contributed by atoms with E-state index in [0.29, 0.717) is 12.1 Å². The highest BCUT2D eigenvalue weighted by atomic mass is 16.5. The van der Waals surface area contributed by atoms with Crippen molar-refractivity contribution in [2.24, 2.45) is 0 Å². The molecule has 0 bridgehead atoms. The quantitative estimate of drug-likeness (QED) is 0.902. The number of nitrogens with one attached hydrogen (secondary N) is 1. The standard InChI is InChI=1S/C17H17NO/c1-2-7-16-13(4-1)11-18-17(16)12-5-3-6-15(10-12)19-14-8-9-14/h1-7,10,14,17-18H,8-9,11H2. The van der Waals surface area contributed by atoms with Crippen LogP contribution >= 0.6 is 0 Å². The Morgan fingerprint density at radius 2 is 1.89 bits per heavy atom. The molecule has 4 rings (SSSR count). The smallest absolute Gasteiger partial charge is 0.120 e. The maximum absolute atomic E-state index is 5.89. The van der Waals surface area contributed by atoms with Crippen LogP contribution < -0.4 is 10.1 Å². The molecule has 1 heterocycles. The molecular weight excluding hydrogens is 234 g/mol. The van der Waals surface area contributed by atoms with Crippen molar-refractivity contribution in [3.63, 3.8) is 0 Å². The minimum Gasteiger partial charge on any atom is -0.490 e. The molecule has 0 saturated heterocycles. The highest BCUT2D eigenvalue weighted by Gasteiger charge is 2.25. The van der Waals surface area contributed by atoms with Crippen molar-refractivity contribution in [3.05, 3.63) is 65.2 Å². The van der Waals surface area contributed by atoms with E-state index in [1.54, 1.807) is 0 Å². The molecule has 0 spiro atoms. The Kier molecular flexibility index (Phi) is 2.56. The van der Waals surface area contributed by atoms with Crippen molar-refractivity contribution in [1.82, 2.24) is 5.32 Å². The van der Waals surface area contributed by atoms with Gasteiger partial charge in [-0.1, -0.05) is 36.4 Å². The first-order valence-electron chi connectivity index (χ1n) is 6.98. The third kappa shape index (κ3) is 2.13. The molecule has 19 heavy (non-hydrogen) atoms. The number of hydrogen-bond donors (Lipinski definition) is 1. The molecule has 2 aromatic carbocycles. The fraction of sp³-hybridized carbons (Fsp3) is 0.294. The fourth-order valence-corrected chi connectivity index (χ4v) is 2.74. The van der Waals surface area contributed by atoms with Gasteiger partial charge in [-0.25, -0.2) is 0 Å². The second-order valence-electron chi connectivity index (χ2n) is 5.40. The maximum atomic E-state index is 5.89. The zero-order valence-corrected chi connectivity index (χ0v) is 10.8. The fourth-order valence-electron chi connectivity index (χ4n) is 2.74. The summed E-state index contributed by atoms with van der Waals surface area (Å²) in [5.41, 5.74) is 4.09. The predicted octanol–water partition coefficient (Wildman–Crippen LogP) is 3.42. The van der Waals surface area contributed by atoms with E-state index < -0.39 is 0 Å². The lowest BCUT2D eigenvalue weighted by molar-refractivity contribution is 0.302. The first-order valence-corrected chi connectivity index (χ1v) is 6.98. The van der Waals surface area contributed by atoms with Gasteiger partial charge in [-0.2, -0.15) is 0 Å². The lowest BCUT2D eigenvalue weighted by atomic mass is 9.98. The largest absolute Gasteiger partial charge is 0.490 e. The van der Waals surface area contributed by atoms with E-state index in [4.69, 9.17) is 4.74 Å². The Morgan fingerprint density at radius 1 is 1.00 bits per heavy atom. The summed E-state index contributed by atoms with van der Waals surface area (Å²) in [5.74, 6) is 1.01. The molecule has 1 N–H and O–H groups in total. The molecule has 0 aromatic heterocycles. The van der Waals surface area contributed by atoms with Crippen molar-refractivity contribution < 1.29 is 4.74 Å². The highest BCUT2D eigenvalue weighted by molar-refractivity contribution is 5.43. The predicted molar refractivity (Wildman–Crippen MR) is 75.2 cm³/mol. The summed E-state index contributed by atoms with van der Waals surface area (Å²) in [4.78, 5) is 0. The van der Waals surface area contributed by atoms with E-state index in [9.17, 15) is 0 Å². The highest BCUT2D eigenvalue weighted by Crippen LogP contribution is 2.33. The molecule has 96 valence electrons. The van der Waals surface area contributed by atoms with Crippen molar-refractivity contribution in [2.45, 2.75) is 31.5 Å². The summed E-state index contributed by atoms with van der Waals surface area (Å²) in [6.07, 6.45) is 2.86. The summed E-state index contributed by atoms with van der Waals surface area (Å²) < 4.78 is 5.89. The van der Waals surface area contributed by atoms with Crippen molar-refractivity contribution >= 4 is 0 Å². The van der Waals surface area contributed by atoms with Crippen LogP contribution in [0.2, 0.25) is 0 Å². The van der Waals surface area contributed by atoms with E-state index >= 15 is 0 Å². The van der Waals surface area contributed by atoms with Crippen LogP contribution in [-0.2, 0) is 6.54 Å². The molecule has 0 radical (unpaired) electrons. The molecule has 2 aliphatic rings. The first-order chi connectivity index (χ1) is 9.40. The van der Waals surface area contributed by atoms with Crippen LogP contribution in [0.4, 0.5) is 0 Å². The third-order valence-corrected chi connectivity index (χ3v) is 3.88. The van der Waals surface area contributed by atoms with Crippen LogP contribution in [0, 0.1) is 0 Å². The van der Waals surface area contributed by atoms with Gasteiger partial charge in [0.2, 0.25) is 0 Å². The average Bonchev–Trinajstić information content (AvgIpc) is 3.16. The molecule has 1 fully saturated rings. The van der Waals surface area contributed by atoms with Crippen molar-refractivity contribution in [2.75, 3.05) is 0 Å². The van der Waals surface area contributed by atoms with Gasteiger partial charge in [0.25, 0.3) is 0 Å². The average molecular weight is 251 g/mol. The minimum atomic E-state index is 0.305. The number of rotatable bonds is 3. The van der Waals surface area contributed by atoms with E-state index in [2.05, 4.69) is 53.8 Å². The van der Waals surface area contributed by atoms with Crippen LogP contribution in [0.1, 0.15) is 35.6 Å². The SMILES string of the molecule is c1cc(OC2CC2)cc(C2NCc3ccccc32)c1. The van der Waals surface area contributed by atoms with Crippen molar-refractivity contribution in [3.8, 4) is 5.75 Å². The number of hydrogen-bond acceptors (Lipinski definition) is 2. The van der Waals surface area contributed by atoms with Crippen LogP contribution in [0.15, 0.2) is 48.5 Å². The monoisotopic (exact) mass is 251 g/mol. The molecule has 1 unspecified atom stereocenters. The van der Waals surface area contributed by atoms with Gasteiger partial charge >= 0.3 is 0 Å². The van der Waals surface area contributed by atoms with Crippen LogP contribution in [-0.4, -0.2) is 6.10 Å². The van der Waals surface area contributed by atoms with Crippen LogP contribution in [0.25, 0.3) is 0 Å². The van der Waals surface area contributed by atoms with Gasteiger partial charge in [-0.05, 0) is 41.7 Å². The van der Waals surface area contributed by atoms with Gasteiger partial charge in [-0.15, -0.1) is 0 Å². The van der Waals surface area contributed by atoms with Crippen LogP contribution in [0.5, 0.6) is 5.75 Å². The zero-order valence-electron chi connectivity index (χ0n) is 10.8. The molecule has 1 saturated carbocycles. The first kappa shape index (κ1) is 11.1. The van der Waals surface area contributed by atoms with Gasteiger partial charge in [0, 0.05) is 6.54 Å². The molecule has 1 aliphatic heterocycles. The molecular formula is C17H17NO. The lowest BCUT2D eigenvalue weighted by Gasteiger charge is -2.14. The van der Waals surface area contributed by atoms with Gasteiger partial charge < -0.3 is 10.1 Å². The Labute approximate surface area is 113 Å². The summed E-state index contributed by atoms with van der Waals surface area (Å²) >= 11 is 0. The van der Waals surface area contributed by atoms with Gasteiger partial charge in [0.05, 0.1) is 12.1 Å². The Bertz CT molecular complexity index is 604. The summed E-state index contributed by atoms with van der Waals surface area (Å²) in [5, 5.41) is 3.58.